The fourth-order valence-corrected chi connectivity index (χ4v) is 4.47. The number of para-hydroxylation sites is 1. The van der Waals surface area contributed by atoms with Gasteiger partial charge in [0, 0.05) is 18.7 Å². The molecule has 7 nitrogen and oxygen atoms in total. The van der Waals surface area contributed by atoms with Crippen molar-refractivity contribution in [2.45, 2.75) is 32.1 Å². The van der Waals surface area contributed by atoms with E-state index in [1.165, 1.54) is 5.56 Å². The molecule has 3 aromatic rings. The van der Waals surface area contributed by atoms with E-state index < -0.39 is 0 Å². The molecule has 0 radical (unpaired) electrons. The quantitative estimate of drug-likeness (QED) is 0.694. The summed E-state index contributed by atoms with van der Waals surface area (Å²) in [5.41, 5.74) is 3.23. The third kappa shape index (κ3) is 3.65. The van der Waals surface area contributed by atoms with E-state index in [9.17, 15) is 4.79 Å². The second kappa shape index (κ2) is 8.07. The van der Waals surface area contributed by atoms with Crippen molar-refractivity contribution in [1.29, 1.82) is 0 Å². The molecule has 2 aromatic heterocycles. The number of carbonyl (C=O) groups is 1. The van der Waals surface area contributed by atoms with E-state index in [-0.39, 0.29) is 11.8 Å². The van der Waals surface area contributed by atoms with Crippen LogP contribution in [0, 0.1) is 5.92 Å². The molecular formula is C22H23ClN6O. The van der Waals surface area contributed by atoms with E-state index in [1.54, 1.807) is 6.07 Å². The van der Waals surface area contributed by atoms with Crippen LogP contribution in [0.4, 0.5) is 11.6 Å². The minimum Gasteiger partial charge on any atom is -0.354 e. The number of hydrogen-bond donors (Lipinski definition) is 1. The number of rotatable bonds is 4. The molecular weight excluding hydrogens is 400 g/mol. The summed E-state index contributed by atoms with van der Waals surface area (Å²) in [6, 6.07) is 13.6. The highest BCUT2D eigenvalue weighted by atomic mass is 35.5. The van der Waals surface area contributed by atoms with E-state index in [0.717, 1.165) is 61.7 Å². The van der Waals surface area contributed by atoms with Gasteiger partial charge in [0.2, 0.25) is 5.91 Å². The largest absolute Gasteiger partial charge is 0.354 e. The van der Waals surface area contributed by atoms with Gasteiger partial charge in [0.25, 0.3) is 0 Å². The van der Waals surface area contributed by atoms with Crippen LogP contribution in [-0.2, 0) is 17.6 Å². The summed E-state index contributed by atoms with van der Waals surface area (Å²) >= 11 is 5.86. The molecule has 154 valence electrons. The molecule has 1 fully saturated rings. The van der Waals surface area contributed by atoms with Gasteiger partial charge >= 0.3 is 0 Å². The van der Waals surface area contributed by atoms with E-state index >= 15 is 0 Å². The number of aryl methyl sites for hydroxylation is 1. The van der Waals surface area contributed by atoms with Crippen LogP contribution in [0.5, 0.6) is 0 Å². The smallest absolute Gasteiger partial charge is 0.230 e. The van der Waals surface area contributed by atoms with Gasteiger partial charge in [-0.2, -0.15) is 5.10 Å². The number of amides is 1. The topological polar surface area (TPSA) is 75.9 Å². The van der Waals surface area contributed by atoms with Gasteiger partial charge in [-0.3, -0.25) is 4.79 Å². The van der Waals surface area contributed by atoms with Gasteiger partial charge in [0.15, 0.2) is 11.0 Å². The van der Waals surface area contributed by atoms with Gasteiger partial charge in [0.05, 0.1) is 17.3 Å². The molecule has 1 aliphatic heterocycles. The highest BCUT2D eigenvalue weighted by Gasteiger charge is 2.30. The Morgan fingerprint density at radius 1 is 1.07 bits per heavy atom. The first-order valence-electron chi connectivity index (χ1n) is 10.4. The number of carbonyl (C=O) groups excluding carboxylic acids is 1. The first kappa shape index (κ1) is 19.1. The number of halogens is 1. The van der Waals surface area contributed by atoms with E-state index in [1.807, 2.05) is 41.1 Å². The summed E-state index contributed by atoms with van der Waals surface area (Å²) in [6.07, 6.45) is 4.78. The fourth-order valence-electron chi connectivity index (χ4n) is 4.37. The van der Waals surface area contributed by atoms with Crippen molar-refractivity contribution < 1.29 is 4.79 Å². The van der Waals surface area contributed by atoms with Crippen molar-refractivity contribution in [2.75, 3.05) is 23.3 Å². The van der Waals surface area contributed by atoms with Crippen LogP contribution < -0.4 is 10.2 Å². The summed E-state index contributed by atoms with van der Waals surface area (Å²) in [5.74, 6) is 1.50. The first-order chi connectivity index (χ1) is 14.7. The van der Waals surface area contributed by atoms with Crippen molar-refractivity contribution in [3.63, 3.8) is 0 Å². The zero-order valence-electron chi connectivity index (χ0n) is 16.6. The number of benzene rings is 1. The molecule has 30 heavy (non-hydrogen) atoms. The van der Waals surface area contributed by atoms with E-state index in [2.05, 4.69) is 20.4 Å². The summed E-state index contributed by atoms with van der Waals surface area (Å²) in [5, 5.41) is 16.5. The van der Waals surface area contributed by atoms with Crippen LogP contribution in [0.2, 0.25) is 5.15 Å². The lowest BCUT2D eigenvalue weighted by atomic mass is 9.97. The van der Waals surface area contributed by atoms with Crippen LogP contribution in [0.1, 0.15) is 30.5 Å². The molecule has 1 aromatic carbocycles. The maximum atomic E-state index is 13.2. The number of anilines is 2. The summed E-state index contributed by atoms with van der Waals surface area (Å²) < 4.78 is 1.88. The fraction of sp³-hybridized carbons (Fsp3) is 0.364. The monoisotopic (exact) mass is 422 g/mol. The average molecular weight is 423 g/mol. The molecule has 8 heteroatoms. The third-order valence-electron chi connectivity index (χ3n) is 5.88. The van der Waals surface area contributed by atoms with Crippen LogP contribution >= 0.6 is 11.6 Å². The molecule has 0 spiro atoms. The number of aromatic nitrogens is 4. The number of piperidine rings is 1. The molecule has 1 N–H and O–H groups in total. The highest BCUT2D eigenvalue weighted by molar-refractivity contribution is 6.29. The molecule has 2 aliphatic rings. The standard InChI is InChI=1S/C22H23ClN6O/c23-19-11-12-20(26-25-19)28-13-5-6-15(14-28)22(30)24-21-17-9-4-10-18(17)27-29(21)16-7-2-1-3-8-16/h1-3,7-8,11-12,15H,4-6,9-10,13-14H2,(H,24,30). The number of fused-ring (bicyclic) bond motifs is 1. The predicted octanol–water partition coefficient (Wildman–Crippen LogP) is 3.66. The Labute approximate surface area is 180 Å². The van der Waals surface area contributed by atoms with Crippen molar-refractivity contribution in [1.82, 2.24) is 20.0 Å². The molecule has 1 amide bonds. The lowest BCUT2D eigenvalue weighted by Gasteiger charge is -2.32. The van der Waals surface area contributed by atoms with Gasteiger partial charge in [-0.25, -0.2) is 4.68 Å². The molecule has 0 saturated carbocycles. The summed E-state index contributed by atoms with van der Waals surface area (Å²) in [7, 11) is 0. The average Bonchev–Trinajstić information content (AvgIpc) is 3.37. The minimum atomic E-state index is -0.118. The SMILES string of the molecule is O=C(Nc1c2c(nn1-c1ccccc1)CCC2)C1CCCN(c2ccc(Cl)nn2)C1. The predicted molar refractivity (Wildman–Crippen MR) is 116 cm³/mol. The molecule has 0 bridgehead atoms. The first-order valence-corrected chi connectivity index (χ1v) is 10.8. The lowest BCUT2D eigenvalue weighted by molar-refractivity contribution is -0.120. The maximum absolute atomic E-state index is 13.2. The Bertz CT molecular complexity index is 1050. The van der Waals surface area contributed by atoms with Crippen molar-refractivity contribution in [3.8, 4) is 5.69 Å². The zero-order chi connectivity index (χ0) is 20.5. The van der Waals surface area contributed by atoms with Gasteiger partial charge in [0.1, 0.15) is 5.82 Å². The Balaban J connectivity index is 1.37. The minimum absolute atomic E-state index is 0.0356. The second-order valence-electron chi connectivity index (χ2n) is 7.86. The summed E-state index contributed by atoms with van der Waals surface area (Å²) in [4.78, 5) is 15.4. The highest BCUT2D eigenvalue weighted by Crippen LogP contribution is 2.32. The van der Waals surface area contributed by atoms with Gasteiger partial charge in [-0.05, 0) is 56.4 Å². The molecule has 3 heterocycles. The number of nitrogens with one attached hydrogen (secondary N) is 1. The maximum Gasteiger partial charge on any atom is 0.230 e. The van der Waals surface area contributed by atoms with Crippen LogP contribution in [0.3, 0.4) is 0 Å². The Morgan fingerprint density at radius 3 is 2.73 bits per heavy atom. The van der Waals surface area contributed by atoms with Crippen LogP contribution in [0.15, 0.2) is 42.5 Å². The van der Waals surface area contributed by atoms with Gasteiger partial charge in [-0.1, -0.05) is 29.8 Å². The Morgan fingerprint density at radius 2 is 1.93 bits per heavy atom. The Hall–Kier alpha value is -2.93. The summed E-state index contributed by atoms with van der Waals surface area (Å²) in [6.45, 7) is 1.47. The zero-order valence-corrected chi connectivity index (χ0v) is 17.3. The van der Waals surface area contributed by atoms with Crippen LogP contribution in [-0.4, -0.2) is 39.0 Å². The second-order valence-corrected chi connectivity index (χ2v) is 8.25. The third-order valence-corrected chi connectivity index (χ3v) is 6.09. The van der Waals surface area contributed by atoms with E-state index in [4.69, 9.17) is 16.7 Å². The van der Waals surface area contributed by atoms with Crippen molar-refractivity contribution in [3.05, 3.63) is 58.9 Å². The number of hydrogen-bond acceptors (Lipinski definition) is 5. The van der Waals surface area contributed by atoms with Crippen LogP contribution in [0.25, 0.3) is 5.69 Å². The van der Waals surface area contributed by atoms with Gasteiger partial charge < -0.3 is 10.2 Å². The molecule has 1 aliphatic carbocycles. The van der Waals surface area contributed by atoms with Crippen molar-refractivity contribution in [2.24, 2.45) is 5.92 Å². The van der Waals surface area contributed by atoms with Gasteiger partial charge in [-0.15, -0.1) is 10.2 Å². The molecule has 5 rings (SSSR count). The molecule has 1 saturated heterocycles. The van der Waals surface area contributed by atoms with E-state index in [0.29, 0.717) is 11.7 Å². The van der Waals surface area contributed by atoms with Crippen molar-refractivity contribution >= 4 is 29.1 Å². The normalized spacial score (nSPS) is 18.3. The molecule has 1 atom stereocenters. The Kier molecular flexibility index (Phi) is 5.12. The number of nitrogens with zero attached hydrogens (tertiary/aromatic N) is 5. The lowest BCUT2D eigenvalue weighted by Crippen LogP contribution is -2.41. The molecule has 1 unspecified atom stereocenters.